The highest BCUT2D eigenvalue weighted by atomic mass is 35.5. The molecule has 0 bridgehead atoms. The summed E-state index contributed by atoms with van der Waals surface area (Å²) in [5.74, 6) is 0.0920. The molecule has 4 aliphatic rings. The molecule has 0 aromatic heterocycles. The van der Waals surface area contributed by atoms with Crippen LogP contribution < -0.4 is 15.5 Å². The second kappa shape index (κ2) is 9.77. The molecular weight excluding hydrogens is 430 g/mol. The van der Waals surface area contributed by atoms with E-state index < -0.39 is 6.04 Å². The van der Waals surface area contributed by atoms with Gasteiger partial charge in [-0.1, -0.05) is 0 Å². The maximum Gasteiger partial charge on any atom is 0.255 e. The largest absolute Gasteiger partial charge is 0.369 e. The summed E-state index contributed by atoms with van der Waals surface area (Å²) < 4.78 is 0. The van der Waals surface area contributed by atoms with Crippen LogP contribution in [0.1, 0.15) is 41.6 Å². The first-order valence-corrected chi connectivity index (χ1v) is 11.5. The quantitative estimate of drug-likeness (QED) is 0.650. The zero-order valence-electron chi connectivity index (χ0n) is 18.3. The van der Waals surface area contributed by atoms with Gasteiger partial charge in [0, 0.05) is 56.9 Å². The van der Waals surface area contributed by atoms with Gasteiger partial charge in [-0.2, -0.15) is 0 Å². The lowest BCUT2D eigenvalue weighted by Gasteiger charge is -2.38. The van der Waals surface area contributed by atoms with Gasteiger partial charge >= 0.3 is 0 Å². The third kappa shape index (κ3) is 4.63. The van der Waals surface area contributed by atoms with Crippen LogP contribution in [0.15, 0.2) is 18.2 Å². The van der Waals surface area contributed by atoms with Crippen molar-refractivity contribution in [2.24, 2.45) is 5.92 Å². The Morgan fingerprint density at radius 2 is 1.72 bits per heavy atom. The number of halogens is 1. The van der Waals surface area contributed by atoms with E-state index >= 15 is 0 Å². The lowest BCUT2D eigenvalue weighted by molar-refractivity contribution is -0.136. The fraction of sp³-hybridized carbons (Fsp3) is 0.609. The first-order valence-electron chi connectivity index (χ1n) is 11.5. The summed E-state index contributed by atoms with van der Waals surface area (Å²) in [6.07, 6.45) is 3.24. The first-order chi connectivity index (χ1) is 15.1. The number of piperazine rings is 1. The highest BCUT2D eigenvalue weighted by Gasteiger charge is 2.39. The Labute approximate surface area is 195 Å². The molecule has 1 unspecified atom stereocenters. The Kier molecular flexibility index (Phi) is 7.02. The van der Waals surface area contributed by atoms with E-state index in [9.17, 15) is 14.4 Å². The molecule has 3 saturated heterocycles. The van der Waals surface area contributed by atoms with Crippen molar-refractivity contribution in [1.29, 1.82) is 0 Å². The number of carbonyl (C=O) groups is 3. The number of anilines is 1. The minimum Gasteiger partial charge on any atom is -0.369 e. The number of fused-ring (bicyclic) bond motifs is 1. The third-order valence-electron chi connectivity index (χ3n) is 7.22. The van der Waals surface area contributed by atoms with Crippen LogP contribution in [-0.2, 0) is 16.1 Å². The number of hydrogen-bond acceptors (Lipinski definition) is 6. The second-order valence-electron chi connectivity index (χ2n) is 9.22. The SMILES string of the molecule is Cl.O=C1CCC(N2Cc3cc(N4CCN(CC5CCNCC5)CC4)ccc3C2=O)C(=O)N1. The van der Waals surface area contributed by atoms with Gasteiger partial charge in [0.1, 0.15) is 6.04 Å². The molecule has 1 aromatic rings. The molecule has 32 heavy (non-hydrogen) atoms. The van der Waals surface area contributed by atoms with Gasteiger partial charge in [-0.05, 0) is 62.0 Å². The van der Waals surface area contributed by atoms with Crippen LogP contribution >= 0.6 is 12.4 Å². The van der Waals surface area contributed by atoms with Crippen LogP contribution in [0, 0.1) is 5.92 Å². The molecular formula is C23H32ClN5O3. The molecule has 3 amide bonds. The van der Waals surface area contributed by atoms with E-state index in [1.165, 1.54) is 19.4 Å². The third-order valence-corrected chi connectivity index (χ3v) is 7.22. The van der Waals surface area contributed by atoms with Crippen molar-refractivity contribution in [1.82, 2.24) is 20.4 Å². The minimum atomic E-state index is -0.556. The van der Waals surface area contributed by atoms with Crippen LogP contribution in [0.5, 0.6) is 0 Å². The monoisotopic (exact) mass is 461 g/mol. The molecule has 0 spiro atoms. The molecule has 0 aliphatic carbocycles. The van der Waals surface area contributed by atoms with Gasteiger partial charge in [-0.3, -0.25) is 24.6 Å². The van der Waals surface area contributed by atoms with E-state index in [2.05, 4.69) is 26.5 Å². The van der Waals surface area contributed by atoms with E-state index in [1.54, 1.807) is 4.90 Å². The number of benzene rings is 1. The number of imide groups is 1. The highest BCUT2D eigenvalue weighted by Crippen LogP contribution is 2.31. The maximum absolute atomic E-state index is 12.9. The van der Waals surface area contributed by atoms with E-state index in [0.29, 0.717) is 18.5 Å². The fourth-order valence-corrected chi connectivity index (χ4v) is 5.38. The summed E-state index contributed by atoms with van der Waals surface area (Å²) in [6, 6.07) is 5.49. The molecule has 174 valence electrons. The molecule has 1 atom stereocenters. The molecule has 3 fully saturated rings. The Bertz CT molecular complexity index is 880. The molecule has 4 heterocycles. The lowest BCUT2D eigenvalue weighted by Crippen LogP contribution is -2.52. The molecule has 9 heteroatoms. The van der Waals surface area contributed by atoms with Crippen molar-refractivity contribution in [2.45, 2.75) is 38.3 Å². The van der Waals surface area contributed by atoms with Crippen LogP contribution in [0.25, 0.3) is 0 Å². The van der Waals surface area contributed by atoms with Crippen LogP contribution in [0.3, 0.4) is 0 Å². The number of rotatable bonds is 4. The fourth-order valence-electron chi connectivity index (χ4n) is 5.38. The van der Waals surface area contributed by atoms with Gasteiger partial charge < -0.3 is 15.1 Å². The summed E-state index contributed by atoms with van der Waals surface area (Å²) in [5.41, 5.74) is 2.81. The predicted octanol–water partition coefficient (Wildman–Crippen LogP) is 0.991. The van der Waals surface area contributed by atoms with E-state index in [4.69, 9.17) is 0 Å². The van der Waals surface area contributed by atoms with Gasteiger partial charge in [-0.25, -0.2) is 0 Å². The molecule has 2 N–H and O–H groups in total. The second-order valence-corrected chi connectivity index (χ2v) is 9.22. The summed E-state index contributed by atoms with van der Waals surface area (Å²) in [5, 5.41) is 5.80. The molecule has 1 aromatic carbocycles. The summed E-state index contributed by atoms with van der Waals surface area (Å²) in [6.45, 7) is 8.07. The number of nitrogens with zero attached hydrogens (tertiary/aromatic N) is 3. The van der Waals surface area contributed by atoms with Crippen molar-refractivity contribution >= 4 is 35.8 Å². The molecule has 5 rings (SSSR count). The zero-order valence-corrected chi connectivity index (χ0v) is 19.2. The van der Waals surface area contributed by atoms with E-state index in [0.717, 1.165) is 56.4 Å². The highest BCUT2D eigenvalue weighted by molar-refractivity contribution is 6.05. The molecule has 4 aliphatic heterocycles. The topological polar surface area (TPSA) is 85.0 Å². The number of nitrogens with one attached hydrogen (secondary N) is 2. The smallest absolute Gasteiger partial charge is 0.255 e. The Morgan fingerprint density at radius 1 is 0.969 bits per heavy atom. The average Bonchev–Trinajstić information content (AvgIpc) is 3.10. The lowest BCUT2D eigenvalue weighted by atomic mass is 9.97. The molecule has 8 nitrogen and oxygen atoms in total. The average molecular weight is 462 g/mol. The van der Waals surface area contributed by atoms with E-state index in [1.807, 2.05) is 12.1 Å². The summed E-state index contributed by atoms with van der Waals surface area (Å²) in [7, 11) is 0. The summed E-state index contributed by atoms with van der Waals surface area (Å²) >= 11 is 0. The van der Waals surface area contributed by atoms with Crippen LogP contribution in [-0.4, -0.2) is 79.4 Å². The van der Waals surface area contributed by atoms with Gasteiger partial charge in [0.15, 0.2) is 0 Å². The molecule has 0 saturated carbocycles. The number of piperidine rings is 2. The number of hydrogen-bond donors (Lipinski definition) is 2. The summed E-state index contributed by atoms with van der Waals surface area (Å²) in [4.78, 5) is 43.2. The molecule has 0 radical (unpaired) electrons. The standard InChI is InChI=1S/C23H31N5O3.ClH/c29-21-4-3-20(22(30)25-21)28-15-17-13-18(1-2-19(17)23(28)31)27-11-9-26(10-12-27)14-16-5-7-24-8-6-16;/h1-2,13,16,20,24H,3-12,14-15H2,(H,25,29,30);1H. The van der Waals surface area contributed by atoms with Gasteiger partial charge in [-0.15, -0.1) is 12.4 Å². The first kappa shape index (κ1) is 23.0. The van der Waals surface area contributed by atoms with Crippen molar-refractivity contribution in [3.8, 4) is 0 Å². The number of carbonyl (C=O) groups excluding carboxylic acids is 3. The predicted molar refractivity (Wildman–Crippen MR) is 124 cm³/mol. The van der Waals surface area contributed by atoms with Crippen LogP contribution in [0.2, 0.25) is 0 Å². The van der Waals surface area contributed by atoms with Gasteiger partial charge in [0.25, 0.3) is 5.91 Å². The maximum atomic E-state index is 12.9. The van der Waals surface area contributed by atoms with Crippen molar-refractivity contribution < 1.29 is 14.4 Å². The van der Waals surface area contributed by atoms with Crippen molar-refractivity contribution in [3.63, 3.8) is 0 Å². The van der Waals surface area contributed by atoms with Crippen molar-refractivity contribution in [2.75, 3.05) is 50.7 Å². The normalized spacial score (nSPS) is 24.9. The van der Waals surface area contributed by atoms with Crippen LogP contribution in [0.4, 0.5) is 5.69 Å². The van der Waals surface area contributed by atoms with Crippen molar-refractivity contribution in [3.05, 3.63) is 29.3 Å². The van der Waals surface area contributed by atoms with Gasteiger partial charge in [0.05, 0.1) is 0 Å². The Hall–Kier alpha value is -2.16. The van der Waals surface area contributed by atoms with Gasteiger partial charge in [0.2, 0.25) is 11.8 Å². The zero-order chi connectivity index (χ0) is 21.4. The Morgan fingerprint density at radius 3 is 2.44 bits per heavy atom. The minimum absolute atomic E-state index is 0. The Balaban J connectivity index is 0.00000245. The number of amides is 3. The van der Waals surface area contributed by atoms with E-state index in [-0.39, 0.29) is 36.5 Å².